The zero-order valence-electron chi connectivity index (χ0n) is 5.59. The number of nitrogens with one attached hydrogen (secondary N) is 1. The summed E-state index contributed by atoms with van der Waals surface area (Å²) < 4.78 is 0. The van der Waals surface area contributed by atoms with Gasteiger partial charge in [-0.2, -0.15) is 0 Å². The largest absolute Gasteiger partial charge is 0.405 e. The van der Waals surface area contributed by atoms with Gasteiger partial charge in [0.15, 0.2) is 0 Å². The van der Waals surface area contributed by atoms with Gasteiger partial charge in [-0.15, -0.1) is 0 Å². The van der Waals surface area contributed by atoms with Crippen molar-refractivity contribution in [3.05, 3.63) is 23.9 Å². The summed E-state index contributed by atoms with van der Waals surface area (Å²) in [5.74, 6) is 0. The first-order valence-electron chi connectivity index (χ1n) is 2.93. The average Bonchev–Trinajstić information content (AvgIpc) is 1.88. The van der Waals surface area contributed by atoms with Gasteiger partial charge in [-0.05, 0) is 30.3 Å². The zero-order chi connectivity index (χ0) is 7.11. The molecule has 0 atom stereocenters. The van der Waals surface area contributed by atoms with Crippen molar-refractivity contribution in [1.29, 1.82) is 5.41 Å². The van der Waals surface area contributed by atoms with E-state index in [0.717, 1.165) is 12.0 Å². The van der Waals surface area contributed by atoms with Crippen molar-refractivity contribution in [2.75, 3.05) is 0 Å². The maximum absolute atomic E-state index is 6.74. The summed E-state index contributed by atoms with van der Waals surface area (Å²) in [6.07, 6.45) is 7.19. The number of nitrogens with two attached hydrogens (primary N) is 1. The van der Waals surface area contributed by atoms with Gasteiger partial charge >= 0.3 is 0 Å². The Hall–Kier alpha value is -1.05. The van der Waals surface area contributed by atoms with Crippen LogP contribution in [0.5, 0.6) is 0 Å². The molecule has 9 heavy (non-hydrogen) atoms. The van der Waals surface area contributed by atoms with Gasteiger partial charge in [0.05, 0.1) is 0 Å². The molecule has 0 aromatic heterocycles. The van der Waals surface area contributed by atoms with E-state index in [1.54, 1.807) is 12.2 Å². The second-order valence-electron chi connectivity index (χ2n) is 1.62. The fourth-order valence-corrected chi connectivity index (χ4v) is 0.522. The molecule has 0 aliphatic rings. The van der Waals surface area contributed by atoms with Crippen LogP contribution in [0.4, 0.5) is 0 Å². The van der Waals surface area contributed by atoms with E-state index in [2.05, 4.69) is 0 Å². The summed E-state index contributed by atoms with van der Waals surface area (Å²) in [5.41, 5.74) is 6.22. The highest BCUT2D eigenvalue weighted by atomic mass is 14.5. The van der Waals surface area contributed by atoms with Crippen molar-refractivity contribution in [2.45, 2.75) is 13.3 Å². The molecule has 0 aliphatic carbocycles. The molecule has 0 aliphatic heterocycles. The molecule has 0 aromatic carbocycles. The van der Waals surface area contributed by atoms with Crippen LogP contribution in [0.1, 0.15) is 13.3 Å². The molecule has 0 rings (SSSR count). The highest BCUT2D eigenvalue weighted by molar-refractivity contribution is 5.69. The Balaban J connectivity index is 3.96. The molecular weight excluding hydrogens is 112 g/mol. The smallest absolute Gasteiger partial charge is 0.0180 e. The molecule has 0 radical (unpaired) electrons. The highest BCUT2D eigenvalue weighted by Gasteiger charge is 1.81. The highest BCUT2D eigenvalue weighted by Crippen LogP contribution is 1.98. The Kier molecular flexibility index (Phi) is 4.50. The molecule has 3 N–H and O–H groups in total. The van der Waals surface area contributed by atoms with Crippen LogP contribution in [0.2, 0.25) is 0 Å². The van der Waals surface area contributed by atoms with Crippen molar-refractivity contribution < 1.29 is 0 Å². The van der Waals surface area contributed by atoms with E-state index in [1.165, 1.54) is 12.4 Å². The van der Waals surface area contributed by atoms with Crippen LogP contribution in [0, 0.1) is 5.41 Å². The Labute approximate surface area is 55.6 Å². The molecule has 0 saturated carbocycles. The third-order valence-corrected chi connectivity index (χ3v) is 1.02. The maximum Gasteiger partial charge on any atom is 0.0180 e. The van der Waals surface area contributed by atoms with Crippen LogP contribution in [-0.2, 0) is 0 Å². The minimum atomic E-state index is 0.920. The Morgan fingerprint density at radius 1 is 1.67 bits per heavy atom. The molecule has 0 saturated heterocycles. The van der Waals surface area contributed by atoms with E-state index in [4.69, 9.17) is 11.1 Å². The molecule has 0 bridgehead atoms. The lowest BCUT2D eigenvalue weighted by molar-refractivity contribution is 1.15. The van der Waals surface area contributed by atoms with Gasteiger partial charge < -0.3 is 11.1 Å². The van der Waals surface area contributed by atoms with Crippen LogP contribution >= 0.6 is 0 Å². The number of hydrogen-bond acceptors (Lipinski definition) is 2. The van der Waals surface area contributed by atoms with E-state index in [9.17, 15) is 0 Å². The standard InChI is InChI=1S/C7H12N2/c1-2-7(3-5-8)4-6-9/h3-6,8H,2,9H2,1H3/b6-4+,7-3-,8-5?. The second kappa shape index (κ2) is 5.09. The monoisotopic (exact) mass is 124 g/mol. The summed E-state index contributed by atoms with van der Waals surface area (Å²) in [4.78, 5) is 0. The third kappa shape index (κ3) is 3.53. The van der Waals surface area contributed by atoms with E-state index < -0.39 is 0 Å². The summed E-state index contributed by atoms with van der Waals surface area (Å²) in [6.45, 7) is 2.02. The SMILES string of the molecule is CCC(=C/C=N)/C=C/N. The van der Waals surface area contributed by atoms with E-state index in [0.29, 0.717) is 0 Å². The predicted molar refractivity (Wildman–Crippen MR) is 40.5 cm³/mol. The predicted octanol–water partition coefficient (Wildman–Crippen LogP) is 1.44. The van der Waals surface area contributed by atoms with Crippen molar-refractivity contribution in [3.63, 3.8) is 0 Å². The molecule has 0 fully saturated rings. The van der Waals surface area contributed by atoms with E-state index in [1.807, 2.05) is 6.92 Å². The summed E-state index contributed by atoms with van der Waals surface area (Å²) in [7, 11) is 0. The lowest BCUT2D eigenvalue weighted by Gasteiger charge is -1.90. The first kappa shape index (κ1) is 7.95. The first-order chi connectivity index (χ1) is 4.35. The second-order valence-corrected chi connectivity index (χ2v) is 1.62. The molecule has 50 valence electrons. The Morgan fingerprint density at radius 2 is 2.33 bits per heavy atom. The van der Waals surface area contributed by atoms with Crippen LogP contribution in [0.15, 0.2) is 23.9 Å². The molecule has 0 spiro atoms. The average molecular weight is 124 g/mol. The minimum absolute atomic E-state index is 0.920. The summed E-state index contributed by atoms with van der Waals surface area (Å²) in [5, 5.41) is 6.74. The van der Waals surface area contributed by atoms with E-state index in [-0.39, 0.29) is 0 Å². The zero-order valence-corrected chi connectivity index (χ0v) is 5.59. The maximum atomic E-state index is 6.74. The van der Waals surface area contributed by atoms with Crippen LogP contribution < -0.4 is 5.73 Å². The lowest BCUT2D eigenvalue weighted by atomic mass is 10.2. The molecule has 2 nitrogen and oxygen atoms in total. The molecule has 0 aromatic rings. The van der Waals surface area contributed by atoms with Gasteiger partial charge in [0.2, 0.25) is 0 Å². The van der Waals surface area contributed by atoms with Gasteiger partial charge in [0, 0.05) is 6.21 Å². The fraction of sp³-hybridized carbons (Fsp3) is 0.286. The van der Waals surface area contributed by atoms with Crippen molar-refractivity contribution in [2.24, 2.45) is 5.73 Å². The van der Waals surface area contributed by atoms with Crippen molar-refractivity contribution in [3.8, 4) is 0 Å². The normalized spacial score (nSPS) is 12.3. The Bertz CT molecular complexity index is 134. The quantitative estimate of drug-likeness (QED) is 0.434. The van der Waals surface area contributed by atoms with Gasteiger partial charge in [-0.25, -0.2) is 0 Å². The van der Waals surface area contributed by atoms with Crippen molar-refractivity contribution in [1.82, 2.24) is 0 Å². The van der Waals surface area contributed by atoms with Gasteiger partial charge in [-0.1, -0.05) is 6.92 Å². The first-order valence-corrected chi connectivity index (χ1v) is 2.93. The molecule has 0 unspecified atom stereocenters. The van der Waals surface area contributed by atoms with Gasteiger partial charge in [0.25, 0.3) is 0 Å². The molecule has 2 heteroatoms. The number of rotatable bonds is 3. The van der Waals surface area contributed by atoms with Gasteiger partial charge in [-0.3, -0.25) is 0 Å². The molecule has 0 heterocycles. The summed E-state index contributed by atoms with van der Waals surface area (Å²) >= 11 is 0. The molecular formula is C7H12N2. The van der Waals surface area contributed by atoms with E-state index >= 15 is 0 Å². The molecule has 0 amide bonds. The fourth-order valence-electron chi connectivity index (χ4n) is 0.522. The van der Waals surface area contributed by atoms with Gasteiger partial charge in [0.1, 0.15) is 0 Å². The Morgan fingerprint density at radius 3 is 2.67 bits per heavy atom. The van der Waals surface area contributed by atoms with Crippen LogP contribution in [-0.4, -0.2) is 6.21 Å². The minimum Gasteiger partial charge on any atom is -0.405 e. The number of hydrogen-bond donors (Lipinski definition) is 2. The van der Waals surface area contributed by atoms with Crippen LogP contribution in [0.25, 0.3) is 0 Å². The lowest BCUT2D eigenvalue weighted by Crippen LogP contribution is -1.80. The number of allylic oxidation sites excluding steroid dienone is 3. The topological polar surface area (TPSA) is 49.9 Å². The van der Waals surface area contributed by atoms with Crippen molar-refractivity contribution >= 4 is 6.21 Å². The van der Waals surface area contributed by atoms with Crippen LogP contribution in [0.3, 0.4) is 0 Å². The third-order valence-electron chi connectivity index (χ3n) is 1.02. The summed E-state index contributed by atoms with van der Waals surface area (Å²) in [6, 6.07) is 0.